The molecule has 26 heavy (non-hydrogen) atoms. The Morgan fingerprint density at radius 3 is 2.62 bits per heavy atom. The second kappa shape index (κ2) is 7.51. The van der Waals surface area contributed by atoms with Crippen LogP contribution >= 0.6 is 23.1 Å². The van der Waals surface area contributed by atoms with Crippen molar-refractivity contribution in [3.8, 4) is 0 Å². The van der Waals surface area contributed by atoms with Gasteiger partial charge in [0.1, 0.15) is 4.70 Å². The highest BCUT2D eigenvalue weighted by atomic mass is 32.2. The molecule has 3 rings (SSSR count). The highest BCUT2D eigenvalue weighted by Gasteiger charge is 2.18. The smallest absolute Gasteiger partial charge is 0.271 e. The molecule has 0 bridgehead atoms. The predicted octanol–water partition coefficient (Wildman–Crippen LogP) is 3.18. The molecule has 0 spiro atoms. The van der Waals surface area contributed by atoms with Crippen LogP contribution in [0.5, 0.6) is 0 Å². The van der Waals surface area contributed by atoms with E-state index in [0.717, 1.165) is 11.4 Å². The molecule has 1 amide bonds. The van der Waals surface area contributed by atoms with E-state index in [0.29, 0.717) is 15.4 Å². The van der Waals surface area contributed by atoms with Gasteiger partial charge in [-0.05, 0) is 42.6 Å². The van der Waals surface area contributed by atoms with E-state index in [1.807, 2.05) is 54.7 Å². The van der Waals surface area contributed by atoms with Crippen molar-refractivity contribution in [2.24, 2.45) is 7.05 Å². The molecule has 2 heterocycles. The van der Waals surface area contributed by atoms with Crippen molar-refractivity contribution in [2.45, 2.75) is 17.3 Å². The molecule has 1 aromatic carbocycles. The van der Waals surface area contributed by atoms with E-state index in [1.165, 1.54) is 27.7 Å². The monoisotopic (exact) mass is 388 g/mol. The number of nitrogens with zero attached hydrogens (tertiary/aromatic N) is 3. The van der Waals surface area contributed by atoms with Crippen LogP contribution in [0.25, 0.3) is 10.2 Å². The molecule has 0 aliphatic rings. The largest absolute Gasteiger partial charge is 0.378 e. The lowest BCUT2D eigenvalue weighted by Crippen LogP contribution is -2.25. The van der Waals surface area contributed by atoms with Crippen molar-refractivity contribution in [3.05, 3.63) is 46.1 Å². The Bertz CT molecular complexity index is 993. The molecular formula is C18H20N4O2S2. The number of anilines is 2. The summed E-state index contributed by atoms with van der Waals surface area (Å²) in [6.45, 7) is 1.80. The van der Waals surface area contributed by atoms with E-state index in [-0.39, 0.29) is 11.5 Å². The Balaban J connectivity index is 1.73. The van der Waals surface area contributed by atoms with Crippen LogP contribution in [0.4, 0.5) is 11.4 Å². The molecule has 0 fully saturated rings. The van der Waals surface area contributed by atoms with Crippen LogP contribution in [0.1, 0.15) is 6.92 Å². The fraction of sp³-hybridized carbons (Fsp3) is 0.278. The summed E-state index contributed by atoms with van der Waals surface area (Å²) in [6.07, 6.45) is 0. The van der Waals surface area contributed by atoms with Crippen LogP contribution in [0.15, 0.2) is 45.7 Å². The van der Waals surface area contributed by atoms with Crippen molar-refractivity contribution in [3.63, 3.8) is 0 Å². The number of carbonyl (C=O) groups is 1. The van der Waals surface area contributed by atoms with Crippen molar-refractivity contribution >= 4 is 50.6 Å². The summed E-state index contributed by atoms with van der Waals surface area (Å²) in [5.41, 5.74) is 2.39. The third-order valence-corrected chi connectivity index (χ3v) is 5.98. The molecule has 1 unspecified atom stereocenters. The SMILES string of the molecule is CC(Sc1nc2ccsc2c(=O)n1C)C(=O)Nc1ccc(N(C)C)cc1. The number of thioether (sulfide) groups is 1. The summed E-state index contributed by atoms with van der Waals surface area (Å²) >= 11 is 2.65. The standard InChI is InChI=1S/C18H20N4O2S2/c1-11(16(23)19-12-5-7-13(8-6-12)21(2)3)26-18-20-14-9-10-25-15(14)17(24)22(18)4/h5-11H,1-4H3,(H,19,23). The lowest BCUT2D eigenvalue weighted by Gasteiger charge is -2.15. The Kier molecular flexibility index (Phi) is 5.33. The summed E-state index contributed by atoms with van der Waals surface area (Å²) in [7, 11) is 5.61. The highest BCUT2D eigenvalue weighted by Crippen LogP contribution is 2.25. The van der Waals surface area contributed by atoms with Crippen molar-refractivity contribution < 1.29 is 4.79 Å². The van der Waals surface area contributed by atoms with E-state index >= 15 is 0 Å². The van der Waals surface area contributed by atoms with Gasteiger partial charge < -0.3 is 10.2 Å². The maximum Gasteiger partial charge on any atom is 0.271 e. The number of carbonyl (C=O) groups excluding carboxylic acids is 1. The minimum atomic E-state index is -0.391. The van der Waals surface area contributed by atoms with Gasteiger partial charge >= 0.3 is 0 Å². The molecule has 8 heteroatoms. The fourth-order valence-corrected chi connectivity index (χ4v) is 4.05. The number of amides is 1. The number of rotatable bonds is 5. The molecular weight excluding hydrogens is 368 g/mol. The van der Waals surface area contributed by atoms with Gasteiger partial charge in [0.2, 0.25) is 5.91 Å². The molecule has 0 saturated heterocycles. The van der Waals surface area contributed by atoms with Crippen LogP contribution in [0.2, 0.25) is 0 Å². The second-order valence-corrected chi connectivity index (χ2v) is 8.31. The van der Waals surface area contributed by atoms with Gasteiger partial charge in [-0.2, -0.15) is 0 Å². The number of hydrogen-bond donors (Lipinski definition) is 1. The number of hydrogen-bond acceptors (Lipinski definition) is 6. The van der Waals surface area contributed by atoms with E-state index in [4.69, 9.17) is 0 Å². The zero-order chi connectivity index (χ0) is 18.8. The molecule has 136 valence electrons. The third-order valence-electron chi connectivity index (χ3n) is 3.95. The topological polar surface area (TPSA) is 67.2 Å². The summed E-state index contributed by atoms with van der Waals surface area (Å²) in [5, 5.41) is 4.89. The first-order valence-electron chi connectivity index (χ1n) is 8.06. The minimum absolute atomic E-state index is 0.0839. The quantitative estimate of drug-likeness (QED) is 0.537. The Hall–Kier alpha value is -2.32. The first-order valence-corrected chi connectivity index (χ1v) is 9.82. The van der Waals surface area contributed by atoms with Gasteiger partial charge in [-0.15, -0.1) is 11.3 Å². The first-order chi connectivity index (χ1) is 12.4. The molecule has 0 radical (unpaired) electrons. The van der Waals surface area contributed by atoms with E-state index in [2.05, 4.69) is 10.3 Å². The Morgan fingerprint density at radius 1 is 1.27 bits per heavy atom. The van der Waals surface area contributed by atoms with Crippen molar-refractivity contribution in [2.75, 3.05) is 24.3 Å². The normalized spacial score (nSPS) is 12.2. The first kappa shape index (κ1) is 18.5. The number of thiophene rings is 1. The van der Waals surface area contributed by atoms with E-state index < -0.39 is 5.25 Å². The van der Waals surface area contributed by atoms with Gasteiger partial charge in [0.05, 0.1) is 10.8 Å². The van der Waals surface area contributed by atoms with E-state index in [1.54, 1.807) is 14.0 Å². The summed E-state index contributed by atoms with van der Waals surface area (Å²) in [4.78, 5) is 31.3. The van der Waals surface area contributed by atoms with Crippen LogP contribution in [0.3, 0.4) is 0 Å². The predicted molar refractivity (Wildman–Crippen MR) is 110 cm³/mol. The molecule has 3 aromatic rings. The van der Waals surface area contributed by atoms with Crippen LogP contribution in [-0.2, 0) is 11.8 Å². The van der Waals surface area contributed by atoms with Gasteiger partial charge in [-0.3, -0.25) is 14.2 Å². The zero-order valence-electron chi connectivity index (χ0n) is 15.0. The molecule has 0 aliphatic carbocycles. The van der Waals surface area contributed by atoms with Crippen molar-refractivity contribution in [1.29, 1.82) is 0 Å². The van der Waals surface area contributed by atoms with Gasteiger partial charge in [-0.1, -0.05) is 11.8 Å². The van der Waals surface area contributed by atoms with Gasteiger partial charge in [-0.25, -0.2) is 4.98 Å². The summed E-state index contributed by atoms with van der Waals surface area (Å²) < 4.78 is 2.13. The van der Waals surface area contributed by atoms with Gasteiger partial charge in [0.15, 0.2) is 5.16 Å². The molecule has 0 saturated carbocycles. The molecule has 2 aromatic heterocycles. The zero-order valence-corrected chi connectivity index (χ0v) is 16.6. The number of fused-ring (bicyclic) bond motifs is 1. The maximum atomic E-state index is 12.5. The molecule has 1 N–H and O–H groups in total. The van der Waals surface area contributed by atoms with Crippen LogP contribution < -0.4 is 15.8 Å². The second-order valence-electron chi connectivity index (χ2n) is 6.08. The molecule has 1 atom stereocenters. The summed E-state index contributed by atoms with van der Waals surface area (Å²) in [6, 6.07) is 9.46. The van der Waals surface area contributed by atoms with E-state index in [9.17, 15) is 9.59 Å². The van der Waals surface area contributed by atoms with Crippen LogP contribution in [-0.4, -0.2) is 34.8 Å². The molecule has 0 aliphatic heterocycles. The number of aromatic nitrogens is 2. The number of nitrogens with one attached hydrogen (secondary N) is 1. The Labute approximate surface area is 159 Å². The average molecular weight is 389 g/mol. The lowest BCUT2D eigenvalue weighted by molar-refractivity contribution is -0.115. The van der Waals surface area contributed by atoms with Crippen molar-refractivity contribution in [1.82, 2.24) is 9.55 Å². The van der Waals surface area contributed by atoms with Crippen LogP contribution in [0, 0.1) is 0 Å². The third kappa shape index (κ3) is 3.76. The Morgan fingerprint density at radius 2 is 1.96 bits per heavy atom. The molecule has 6 nitrogen and oxygen atoms in total. The van der Waals surface area contributed by atoms with Gasteiger partial charge in [0.25, 0.3) is 5.56 Å². The van der Waals surface area contributed by atoms with Gasteiger partial charge in [0, 0.05) is 32.5 Å². The summed E-state index contributed by atoms with van der Waals surface area (Å²) in [5.74, 6) is -0.132. The fourth-order valence-electron chi connectivity index (χ4n) is 2.37. The maximum absolute atomic E-state index is 12.5. The lowest BCUT2D eigenvalue weighted by atomic mass is 10.2. The average Bonchev–Trinajstić information content (AvgIpc) is 3.08. The highest BCUT2D eigenvalue weighted by molar-refractivity contribution is 8.00. The minimum Gasteiger partial charge on any atom is -0.378 e. The number of benzene rings is 1.